The van der Waals surface area contributed by atoms with Gasteiger partial charge in [-0.2, -0.15) is 5.10 Å². The summed E-state index contributed by atoms with van der Waals surface area (Å²) >= 11 is 0. The Morgan fingerprint density at radius 3 is 2.40 bits per heavy atom. The van der Waals surface area contributed by atoms with Gasteiger partial charge < -0.3 is 5.11 Å². The Labute approximate surface area is 88.9 Å². The second-order valence-electron chi connectivity index (χ2n) is 4.20. The molecule has 1 aliphatic carbocycles. The lowest BCUT2D eigenvalue weighted by atomic mass is 9.90. The molecule has 0 bridgehead atoms. The van der Waals surface area contributed by atoms with Crippen LogP contribution in [0.15, 0.2) is 18.5 Å². The molecular formula is C11H16N2O2. The molecule has 1 heterocycles. The van der Waals surface area contributed by atoms with Gasteiger partial charge in [-0.05, 0) is 18.9 Å². The first-order chi connectivity index (χ1) is 7.26. The van der Waals surface area contributed by atoms with Crippen LogP contribution in [0.25, 0.3) is 0 Å². The van der Waals surface area contributed by atoms with E-state index in [0.717, 1.165) is 25.7 Å². The summed E-state index contributed by atoms with van der Waals surface area (Å²) in [4.78, 5) is 11.5. The number of carboxylic acid groups (broad SMARTS) is 1. The van der Waals surface area contributed by atoms with E-state index in [9.17, 15) is 9.90 Å². The van der Waals surface area contributed by atoms with Gasteiger partial charge in [0.2, 0.25) is 0 Å². The summed E-state index contributed by atoms with van der Waals surface area (Å²) in [6.07, 6.45) is 9.04. The number of carbonyl (C=O) groups is 1. The molecule has 1 saturated carbocycles. The fourth-order valence-corrected chi connectivity index (χ4v) is 2.38. The van der Waals surface area contributed by atoms with Crippen LogP contribution in [0.1, 0.15) is 38.5 Å². The van der Waals surface area contributed by atoms with Gasteiger partial charge in [0.1, 0.15) is 0 Å². The molecule has 1 fully saturated rings. The van der Waals surface area contributed by atoms with Gasteiger partial charge in [-0.15, -0.1) is 0 Å². The maximum Gasteiger partial charge on any atom is 0.331 e. The van der Waals surface area contributed by atoms with Gasteiger partial charge in [-0.25, -0.2) is 4.79 Å². The van der Waals surface area contributed by atoms with Gasteiger partial charge in [0, 0.05) is 12.4 Å². The normalized spacial score (nSPS) is 20.8. The monoisotopic (exact) mass is 208 g/mol. The first-order valence-corrected chi connectivity index (χ1v) is 5.49. The van der Waals surface area contributed by atoms with E-state index >= 15 is 0 Å². The van der Waals surface area contributed by atoms with Crippen LogP contribution in [-0.4, -0.2) is 20.9 Å². The van der Waals surface area contributed by atoms with Gasteiger partial charge in [0.25, 0.3) is 0 Å². The van der Waals surface area contributed by atoms with Crippen molar-refractivity contribution in [1.29, 1.82) is 0 Å². The first-order valence-electron chi connectivity index (χ1n) is 5.49. The number of rotatable bonds is 2. The fourth-order valence-electron chi connectivity index (χ4n) is 2.38. The Kier molecular flexibility index (Phi) is 2.75. The first kappa shape index (κ1) is 10.2. The largest absolute Gasteiger partial charge is 0.479 e. The highest BCUT2D eigenvalue weighted by Crippen LogP contribution is 2.33. The summed E-state index contributed by atoms with van der Waals surface area (Å²) in [6, 6.07) is 1.79. The van der Waals surface area contributed by atoms with Crippen molar-refractivity contribution in [2.45, 2.75) is 44.1 Å². The van der Waals surface area contributed by atoms with Gasteiger partial charge in [-0.3, -0.25) is 4.68 Å². The second kappa shape index (κ2) is 4.04. The maximum atomic E-state index is 11.5. The summed E-state index contributed by atoms with van der Waals surface area (Å²) < 4.78 is 1.63. The standard InChI is InChI=1S/C11H16N2O2/c14-10(15)11(13-9-5-8-12-13)6-3-1-2-4-7-11/h5,8-9H,1-4,6-7H2,(H,14,15). The second-order valence-corrected chi connectivity index (χ2v) is 4.20. The molecule has 1 aliphatic rings. The van der Waals surface area contributed by atoms with Crippen molar-refractivity contribution in [2.24, 2.45) is 0 Å². The van der Waals surface area contributed by atoms with E-state index in [-0.39, 0.29) is 0 Å². The maximum absolute atomic E-state index is 11.5. The smallest absolute Gasteiger partial charge is 0.331 e. The van der Waals surface area contributed by atoms with E-state index in [2.05, 4.69) is 5.10 Å². The van der Waals surface area contributed by atoms with Crippen molar-refractivity contribution in [3.63, 3.8) is 0 Å². The Hall–Kier alpha value is -1.32. The highest BCUT2D eigenvalue weighted by Gasteiger charge is 2.40. The topological polar surface area (TPSA) is 55.1 Å². The molecule has 0 spiro atoms. The highest BCUT2D eigenvalue weighted by molar-refractivity contribution is 5.76. The molecule has 1 N–H and O–H groups in total. The average Bonchev–Trinajstić information content (AvgIpc) is 2.63. The van der Waals surface area contributed by atoms with Crippen molar-refractivity contribution >= 4 is 5.97 Å². The number of aliphatic carboxylic acids is 1. The Morgan fingerprint density at radius 1 is 1.27 bits per heavy atom. The molecular weight excluding hydrogens is 192 g/mol. The molecule has 4 nitrogen and oxygen atoms in total. The van der Waals surface area contributed by atoms with Crippen LogP contribution in [-0.2, 0) is 10.3 Å². The van der Waals surface area contributed by atoms with E-state index in [1.807, 2.05) is 0 Å². The minimum atomic E-state index is -0.792. The molecule has 1 aromatic heterocycles. The number of hydrogen-bond acceptors (Lipinski definition) is 2. The van der Waals surface area contributed by atoms with Crippen molar-refractivity contribution < 1.29 is 9.90 Å². The predicted molar refractivity (Wildman–Crippen MR) is 55.5 cm³/mol. The number of aromatic nitrogens is 2. The quantitative estimate of drug-likeness (QED) is 0.756. The fraction of sp³-hybridized carbons (Fsp3) is 0.636. The van der Waals surface area contributed by atoms with Crippen LogP contribution >= 0.6 is 0 Å². The van der Waals surface area contributed by atoms with E-state index in [1.165, 1.54) is 0 Å². The van der Waals surface area contributed by atoms with E-state index in [0.29, 0.717) is 12.8 Å². The van der Waals surface area contributed by atoms with Crippen molar-refractivity contribution in [2.75, 3.05) is 0 Å². The summed E-state index contributed by atoms with van der Waals surface area (Å²) in [5.74, 6) is -0.742. The molecule has 0 radical (unpaired) electrons. The van der Waals surface area contributed by atoms with E-state index < -0.39 is 11.5 Å². The summed E-state index contributed by atoms with van der Waals surface area (Å²) in [5.41, 5.74) is -0.792. The third kappa shape index (κ3) is 1.76. The minimum Gasteiger partial charge on any atom is -0.479 e. The van der Waals surface area contributed by atoms with E-state index in [1.54, 1.807) is 23.1 Å². The molecule has 0 unspecified atom stereocenters. The van der Waals surface area contributed by atoms with Crippen LogP contribution < -0.4 is 0 Å². The summed E-state index contributed by atoms with van der Waals surface area (Å²) in [5, 5.41) is 13.5. The Balaban J connectivity index is 2.34. The van der Waals surface area contributed by atoms with Crippen LogP contribution in [0, 0.1) is 0 Å². The molecule has 0 amide bonds. The zero-order valence-corrected chi connectivity index (χ0v) is 8.72. The van der Waals surface area contributed by atoms with Crippen molar-refractivity contribution in [1.82, 2.24) is 9.78 Å². The molecule has 4 heteroatoms. The van der Waals surface area contributed by atoms with Crippen LogP contribution in [0.2, 0.25) is 0 Å². The lowest BCUT2D eigenvalue weighted by Crippen LogP contribution is -2.41. The minimum absolute atomic E-state index is 0.698. The van der Waals surface area contributed by atoms with Crippen LogP contribution in [0.3, 0.4) is 0 Å². The third-order valence-corrected chi connectivity index (χ3v) is 3.27. The molecule has 0 aliphatic heterocycles. The Morgan fingerprint density at radius 2 is 1.93 bits per heavy atom. The molecule has 1 aromatic rings. The molecule has 0 saturated heterocycles. The molecule has 82 valence electrons. The van der Waals surface area contributed by atoms with Crippen LogP contribution in [0.5, 0.6) is 0 Å². The summed E-state index contributed by atoms with van der Waals surface area (Å²) in [7, 11) is 0. The molecule has 0 aromatic carbocycles. The number of nitrogens with zero attached hydrogens (tertiary/aromatic N) is 2. The zero-order valence-electron chi connectivity index (χ0n) is 8.72. The average molecular weight is 208 g/mol. The lowest BCUT2D eigenvalue weighted by molar-refractivity contribution is -0.149. The number of carboxylic acids is 1. The van der Waals surface area contributed by atoms with Gasteiger partial charge in [0.15, 0.2) is 5.54 Å². The predicted octanol–water partition coefficient (Wildman–Crippen LogP) is 2.02. The van der Waals surface area contributed by atoms with Gasteiger partial charge in [0.05, 0.1) is 0 Å². The van der Waals surface area contributed by atoms with Crippen LogP contribution in [0.4, 0.5) is 0 Å². The van der Waals surface area contributed by atoms with Gasteiger partial charge >= 0.3 is 5.97 Å². The Bertz CT molecular complexity index is 324. The lowest BCUT2D eigenvalue weighted by Gasteiger charge is -2.28. The SMILES string of the molecule is O=C(O)C1(n2cccn2)CCCCCC1. The number of hydrogen-bond donors (Lipinski definition) is 1. The van der Waals surface area contributed by atoms with Crippen molar-refractivity contribution in [3.05, 3.63) is 18.5 Å². The van der Waals surface area contributed by atoms with E-state index in [4.69, 9.17) is 0 Å². The molecule has 15 heavy (non-hydrogen) atoms. The molecule has 2 rings (SSSR count). The van der Waals surface area contributed by atoms with Crippen molar-refractivity contribution in [3.8, 4) is 0 Å². The summed E-state index contributed by atoms with van der Waals surface area (Å²) in [6.45, 7) is 0. The highest BCUT2D eigenvalue weighted by atomic mass is 16.4. The van der Waals surface area contributed by atoms with Gasteiger partial charge in [-0.1, -0.05) is 25.7 Å². The molecule has 0 atom stereocenters. The third-order valence-electron chi connectivity index (χ3n) is 3.27. The zero-order chi connectivity index (χ0) is 10.7.